The summed E-state index contributed by atoms with van der Waals surface area (Å²) < 4.78 is 3.42. The number of hydrogen-bond donors (Lipinski definition) is 0. The van der Waals surface area contributed by atoms with Gasteiger partial charge in [0.2, 0.25) is 0 Å². The molecule has 2 aromatic rings. The van der Waals surface area contributed by atoms with E-state index < -0.39 is 0 Å². The van der Waals surface area contributed by atoms with Crippen molar-refractivity contribution < 1.29 is 0 Å². The molecule has 3 rings (SSSR count). The van der Waals surface area contributed by atoms with Gasteiger partial charge in [0.15, 0.2) is 0 Å². The molecule has 0 bridgehead atoms. The molecule has 0 radical (unpaired) electrons. The number of aromatic nitrogens is 3. The normalized spacial score (nSPS) is 15.2. The van der Waals surface area contributed by atoms with Crippen LogP contribution in [0.4, 0.5) is 0 Å². The molecule has 0 saturated heterocycles. The van der Waals surface area contributed by atoms with Crippen LogP contribution in [0, 0.1) is 16.4 Å². The molecule has 0 spiro atoms. The third kappa shape index (κ3) is 2.22. The van der Waals surface area contributed by atoms with Crippen molar-refractivity contribution in [1.82, 2.24) is 14.8 Å². The lowest BCUT2D eigenvalue weighted by Crippen LogP contribution is -2.03. The van der Waals surface area contributed by atoms with E-state index in [1.807, 2.05) is 24.5 Å². The zero-order chi connectivity index (χ0) is 11.8. The fraction of sp³-hybridized carbons (Fsp3) is 0.385. The summed E-state index contributed by atoms with van der Waals surface area (Å²) in [6, 6.07) is 4.04. The molecule has 2 aromatic heterocycles. The number of halogens is 1. The first-order valence-corrected chi connectivity index (χ1v) is 6.97. The SMILES string of the molecule is Cc1c(I)c(-c2ccncc2)nn1CC1CC1. The van der Waals surface area contributed by atoms with Crippen molar-refractivity contribution in [1.29, 1.82) is 0 Å². The van der Waals surface area contributed by atoms with Gasteiger partial charge in [-0.15, -0.1) is 0 Å². The van der Waals surface area contributed by atoms with Crippen LogP contribution in [0.3, 0.4) is 0 Å². The molecule has 0 aromatic carbocycles. The zero-order valence-corrected chi connectivity index (χ0v) is 11.9. The van der Waals surface area contributed by atoms with E-state index >= 15 is 0 Å². The highest BCUT2D eigenvalue weighted by Gasteiger charge is 2.24. The van der Waals surface area contributed by atoms with E-state index in [1.54, 1.807) is 0 Å². The molecule has 17 heavy (non-hydrogen) atoms. The molecule has 1 aliphatic carbocycles. The third-order valence-corrected chi connectivity index (χ3v) is 4.51. The first-order valence-electron chi connectivity index (χ1n) is 5.89. The van der Waals surface area contributed by atoms with Crippen molar-refractivity contribution in [2.75, 3.05) is 0 Å². The summed E-state index contributed by atoms with van der Waals surface area (Å²) in [6.07, 6.45) is 6.36. The summed E-state index contributed by atoms with van der Waals surface area (Å²) in [4.78, 5) is 4.05. The van der Waals surface area contributed by atoms with Crippen molar-refractivity contribution in [3.05, 3.63) is 33.8 Å². The van der Waals surface area contributed by atoms with Crippen molar-refractivity contribution in [3.8, 4) is 11.3 Å². The number of hydrogen-bond acceptors (Lipinski definition) is 2. The number of pyridine rings is 1. The predicted octanol–water partition coefficient (Wildman–Crippen LogP) is 3.27. The van der Waals surface area contributed by atoms with E-state index in [9.17, 15) is 0 Å². The molecule has 1 saturated carbocycles. The number of rotatable bonds is 3. The number of nitrogens with zero attached hydrogens (tertiary/aromatic N) is 3. The lowest BCUT2D eigenvalue weighted by Gasteiger charge is -2.01. The Morgan fingerprint density at radius 1 is 1.35 bits per heavy atom. The Labute approximate surface area is 114 Å². The van der Waals surface area contributed by atoms with Gasteiger partial charge in [-0.2, -0.15) is 5.10 Å². The molecular weight excluding hydrogens is 325 g/mol. The lowest BCUT2D eigenvalue weighted by atomic mass is 10.2. The van der Waals surface area contributed by atoms with Gasteiger partial charge in [-0.05, 0) is 60.4 Å². The smallest absolute Gasteiger partial charge is 0.106 e. The topological polar surface area (TPSA) is 30.7 Å². The van der Waals surface area contributed by atoms with E-state index in [4.69, 9.17) is 5.10 Å². The van der Waals surface area contributed by atoms with Gasteiger partial charge in [0.1, 0.15) is 5.69 Å². The summed E-state index contributed by atoms with van der Waals surface area (Å²) in [6.45, 7) is 3.23. The molecule has 0 aliphatic heterocycles. The van der Waals surface area contributed by atoms with Gasteiger partial charge in [0, 0.05) is 30.2 Å². The first-order chi connectivity index (χ1) is 8.25. The quantitative estimate of drug-likeness (QED) is 0.804. The van der Waals surface area contributed by atoms with Gasteiger partial charge < -0.3 is 0 Å². The highest BCUT2D eigenvalue weighted by molar-refractivity contribution is 14.1. The Morgan fingerprint density at radius 2 is 2.06 bits per heavy atom. The minimum Gasteiger partial charge on any atom is -0.268 e. The maximum Gasteiger partial charge on any atom is 0.106 e. The Kier molecular flexibility index (Phi) is 2.90. The van der Waals surface area contributed by atoms with Crippen molar-refractivity contribution in [3.63, 3.8) is 0 Å². The van der Waals surface area contributed by atoms with Gasteiger partial charge in [-0.1, -0.05) is 0 Å². The summed E-state index contributed by atoms with van der Waals surface area (Å²) in [5.41, 5.74) is 3.53. The second-order valence-corrected chi connectivity index (χ2v) is 5.69. The fourth-order valence-corrected chi connectivity index (χ4v) is 2.64. The highest BCUT2D eigenvalue weighted by Crippen LogP contribution is 2.33. The van der Waals surface area contributed by atoms with Gasteiger partial charge in [0.25, 0.3) is 0 Å². The third-order valence-electron chi connectivity index (χ3n) is 3.22. The molecule has 0 amide bonds. The summed E-state index contributed by atoms with van der Waals surface area (Å²) in [5.74, 6) is 0.856. The van der Waals surface area contributed by atoms with Crippen LogP contribution in [0.25, 0.3) is 11.3 Å². The lowest BCUT2D eigenvalue weighted by molar-refractivity contribution is 0.551. The van der Waals surface area contributed by atoms with E-state index in [2.05, 4.69) is 39.2 Å². The molecule has 4 heteroatoms. The molecule has 1 fully saturated rings. The Morgan fingerprint density at radius 3 is 2.71 bits per heavy atom. The molecule has 1 aliphatic rings. The fourth-order valence-electron chi connectivity index (χ4n) is 1.94. The van der Waals surface area contributed by atoms with Gasteiger partial charge in [0.05, 0.1) is 3.57 Å². The minimum atomic E-state index is 0.856. The maximum absolute atomic E-state index is 4.74. The highest BCUT2D eigenvalue weighted by atomic mass is 127. The van der Waals surface area contributed by atoms with E-state index in [-0.39, 0.29) is 0 Å². The van der Waals surface area contributed by atoms with Crippen LogP contribution in [0.2, 0.25) is 0 Å². The molecule has 0 N–H and O–H groups in total. The Balaban J connectivity index is 1.99. The van der Waals surface area contributed by atoms with Crippen LogP contribution in [-0.2, 0) is 6.54 Å². The molecule has 2 heterocycles. The molecule has 0 atom stereocenters. The average Bonchev–Trinajstić information content (AvgIpc) is 3.13. The van der Waals surface area contributed by atoms with Gasteiger partial charge >= 0.3 is 0 Å². The standard InChI is InChI=1S/C13H14IN3/c1-9-12(14)13(11-4-6-15-7-5-11)16-17(9)8-10-2-3-10/h4-7,10H,2-3,8H2,1H3. The molecular formula is C13H14IN3. The van der Waals surface area contributed by atoms with Gasteiger partial charge in [-0.3, -0.25) is 9.67 Å². The Bertz CT molecular complexity index is 529. The first kappa shape index (κ1) is 11.2. The van der Waals surface area contributed by atoms with Crippen LogP contribution in [-0.4, -0.2) is 14.8 Å². The maximum atomic E-state index is 4.74. The molecule has 3 nitrogen and oxygen atoms in total. The summed E-state index contributed by atoms with van der Waals surface area (Å²) in [7, 11) is 0. The largest absolute Gasteiger partial charge is 0.268 e. The molecule has 0 unspecified atom stereocenters. The van der Waals surface area contributed by atoms with Crippen LogP contribution < -0.4 is 0 Å². The second-order valence-electron chi connectivity index (χ2n) is 4.61. The van der Waals surface area contributed by atoms with Crippen LogP contribution in [0.1, 0.15) is 18.5 Å². The average molecular weight is 339 g/mol. The van der Waals surface area contributed by atoms with Crippen molar-refractivity contribution in [2.45, 2.75) is 26.3 Å². The summed E-state index contributed by atoms with van der Waals surface area (Å²) >= 11 is 2.39. The Hall–Kier alpha value is -0.910. The van der Waals surface area contributed by atoms with Crippen LogP contribution in [0.15, 0.2) is 24.5 Å². The summed E-state index contributed by atoms with van der Waals surface area (Å²) in [5, 5.41) is 4.74. The van der Waals surface area contributed by atoms with E-state index in [1.165, 1.54) is 22.1 Å². The monoisotopic (exact) mass is 339 g/mol. The molecule has 88 valence electrons. The second kappa shape index (κ2) is 4.40. The predicted molar refractivity (Wildman–Crippen MR) is 75.6 cm³/mol. The van der Waals surface area contributed by atoms with E-state index in [0.29, 0.717) is 0 Å². The van der Waals surface area contributed by atoms with E-state index in [0.717, 1.165) is 23.7 Å². The van der Waals surface area contributed by atoms with Crippen LogP contribution >= 0.6 is 22.6 Å². The van der Waals surface area contributed by atoms with Crippen molar-refractivity contribution in [2.24, 2.45) is 5.92 Å². The van der Waals surface area contributed by atoms with Crippen LogP contribution in [0.5, 0.6) is 0 Å². The zero-order valence-electron chi connectivity index (χ0n) is 9.73. The van der Waals surface area contributed by atoms with Gasteiger partial charge in [-0.25, -0.2) is 0 Å². The van der Waals surface area contributed by atoms with Crippen molar-refractivity contribution >= 4 is 22.6 Å². The minimum absolute atomic E-state index is 0.856.